The highest BCUT2D eigenvalue weighted by atomic mass is 32.1. The lowest BCUT2D eigenvalue weighted by atomic mass is 10.2. The summed E-state index contributed by atoms with van der Waals surface area (Å²) in [5, 5.41) is 1.91. The van der Waals surface area contributed by atoms with E-state index in [2.05, 4.69) is 0 Å². The molecule has 1 aromatic heterocycles. The molecule has 2 N–H and O–H groups in total. The number of carbonyl (C=O) groups excluding carboxylic acids is 1. The smallest absolute Gasteiger partial charge is 0.244 e. The fourth-order valence-electron chi connectivity index (χ4n) is 0.868. The van der Waals surface area contributed by atoms with Gasteiger partial charge in [-0.15, -0.1) is 11.3 Å². The van der Waals surface area contributed by atoms with Crippen LogP contribution >= 0.6 is 11.3 Å². The number of nitrogens with zero attached hydrogens (tertiary/aromatic N) is 1. The van der Waals surface area contributed by atoms with Gasteiger partial charge < -0.3 is 10.6 Å². The highest BCUT2D eigenvalue weighted by Gasteiger charge is 2.17. The minimum absolute atomic E-state index is 0.0579. The summed E-state index contributed by atoms with van der Waals surface area (Å²) < 4.78 is 0. The number of likely N-dealkylation sites (N-methyl/N-ethyl adjacent to an activating group) is 1. The number of nitrogens with two attached hydrogens (primary N) is 1. The molecule has 1 aromatic rings. The fraction of sp³-hybridized carbons (Fsp3) is 0.375. The zero-order valence-corrected chi connectivity index (χ0v) is 7.97. The monoisotopic (exact) mass is 184 g/mol. The molecule has 0 aliphatic heterocycles. The standard InChI is InChI=1S/C8H12N2OS/c1-10(2)8(11)7(9)6-4-3-5-12-6/h3-5,7H,9H2,1-2H3/t7-/m0/s1. The molecule has 1 atom stereocenters. The van der Waals surface area contributed by atoms with Crippen molar-refractivity contribution in [2.75, 3.05) is 14.1 Å². The molecular formula is C8H12N2OS. The van der Waals surface area contributed by atoms with Crippen molar-refractivity contribution in [3.8, 4) is 0 Å². The molecule has 3 nitrogen and oxygen atoms in total. The molecule has 0 fully saturated rings. The van der Waals surface area contributed by atoms with Crippen LogP contribution in [0.1, 0.15) is 10.9 Å². The van der Waals surface area contributed by atoms with Crippen LogP contribution < -0.4 is 5.73 Å². The highest BCUT2D eigenvalue weighted by Crippen LogP contribution is 2.17. The van der Waals surface area contributed by atoms with Crippen LogP contribution in [-0.4, -0.2) is 24.9 Å². The normalized spacial score (nSPS) is 12.6. The Bertz CT molecular complexity index is 256. The van der Waals surface area contributed by atoms with Crippen molar-refractivity contribution in [1.82, 2.24) is 4.90 Å². The Balaban J connectivity index is 2.72. The zero-order chi connectivity index (χ0) is 9.14. The van der Waals surface area contributed by atoms with E-state index in [1.807, 2.05) is 17.5 Å². The average Bonchev–Trinajstić information content (AvgIpc) is 2.53. The van der Waals surface area contributed by atoms with E-state index in [1.54, 1.807) is 14.1 Å². The van der Waals surface area contributed by atoms with Crippen molar-refractivity contribution in [2.24, 2.45) is 5.73 Å². The second-order valence-electron chi connectivity index (χ2n) is 2.73. The van der Waals surface area contributed by atoms with Crippen LogP contribution in [0.4, 0.5) is 0 Å². The van der Waals surface area contributed by atoms with Gasteiger partial charge in [0.25, 0.3) is 0 Å². The van der Waals surface area contributed by atoms with E-state index in [0.29, 0.717) is 0 Å². The predicted octanol–water partition coefficient (Wildman–Crippen LogP) is 0.836. The first kappa shape index (κ1) is 9.22. The molecule has 4 heteroatoms. The Kier molecular flexibility index (Phi) is 2.83. The second-order valence-corrected chi connectivity index (χ2v) is 3.71. The summed E-state index contributed by atoms with van der Waals surface area (Å²) in [4.78, 5) is 13.8. The van der Waals surface area contributed by atoms with Gasteiger partial charge in [-0.1, -0.05) is 6.07 Å². The molecule has 12 heavy (non-hydrogen) atoms. The van der Waals surface area contributed by atoms with Gasteiger partial charge in [0.05, 0.1) is 0 Å². The third-order valence-electron chi connectivity index (χ3n) is 1.56. The first-order valence-electron chi connectivity index (χ1n) is 3.63. The van der Waals surface area contributed by atoms with Crippen molar-refractivity contribution < 1.29 is 4.79 Å². The lowest BCUT2D eigenvalue weighted by Crippen LogP contribution is -2.32. The molecule has 1 rings (SSSR count). The molecule has 0 saturated heterocycles. The van der Waals surface area contributed by atoms with Gasteiger partial charge in [-0.2, -0.15) is 0 Å². The van der Waals surface area contributed by atoms with E-state index < -0.39 is 6.04 Å². The summed E-state index contributed by atoms with van der Waals surface area (Å²) in [6.07, 6.45) is 0. The molecule has 0 unspecified atom stereocenters. The van der Waals surface area contributed by atoms with Crippen molar-refractivity contribution in [3.05, 3.63) is 22.4 Å². The molecule has 0 bridgehead atoms. The zero-order valence-electron chi connectivity index (χ0n) is 7.15. The number of carbonyl (C=O) groups is 1. The van der Waals surface area contributed by atoms with Crippen LogP contribution in [0.3, 0.4) is 0 Å². The van der Waals surface area contributed by atoms with Crippen molar-refractivity contribution in [3.63, 3.8) is 0 Å². The Morgan fingerprint density at radius 3 is 2.75 bits per heavy atom. The van der Waals surface area contributed by atoms with Crippen LogP contribution in [0.2, 0.25) is 0 Å². The molecule has 0 radical (unpaired) electrons. The molecule has 0 spiro atoms. The molecule has 1 heterocycles. The van der Waals surface area contributed by atoms with E-state index in [1.165, 1.54) is 16.2 Å². The molecule has 0 aliphatic carbocycles. The van der Waals surface area contributed by atoms with E-state index in [4.69, 9.17) is 5.73 Å². The van der Waals surface area contributed by atoms with Gasteiger partial charge in [-0.05, 0) is 11.4 Å². The Labute approximate surface area is 75.8 Å². The van der Waals surface area contributed by atoms with Gasteiger partial charge in [0.2, 0.25) is 5.91 Å². The largest absolute Gasteiger partial charge is 0.347 e. The number of hydrogen-bond donors (Lipinski definition) is 1. The Hall–Kier alpha value is -0.870. The third kappa shape index (κ3) is 1.84. The van der Waals surface area contributed by atoms with Crippen LogP contribution in [0, 0.1) is 0 Å². The maximum absolute atomic E-state index is 11.3. The van der Waals surface area contributed by atoms with Crippen molar-refractivity contribution >= 4 is 17.2 Å². The topological polar surface area (TPSA) is 46.3 Å². The minimum atomic E-state index is -0.500. The lowest BCUT2D eigenvalue weighted by Gasteiger charge is -2.14. The van der Waals surface area contributed by atoms with Gasteiger partial charge in [0.1, 0.15) is 6.04 Å². The second kappa shape index (κ2) is 3.69. The fourth-order valence-corrected chi connectivity index (χ4v) is 1.59. The van der Waals surface area contributed by atoms with Crippen LogP contribution in [0.25, 0.3) is 0 Å². The van der Waals surface area contributed by atoms with Gasteiger partial charge in [-0.25, -0.2) is 0 Å². The summed E-state index contributed by atoms with van der Waals surface area (Å²) >= 11 is 1.50. The lowest BCUT2D eigenvalue weighted by molar-refractivity contribution is -0.130. The summed E-state index contributed by atoms with van der Waals surface area (Å²) in [6.45, 7) is 0. The Morgan fingerprint density at radius 1 is 1.67 bits per heavy atom. The first-order valence-corrected chi connectivity index (χ1v) is 4.51. The number of rotatable bonds is 2. The summed E-state index contributed by atoms with van der Waals surface area (Å²) in [7, 11) is 3.41. The Morgan fingerprint density at radius 2 is 2.33 bits per heavy atom. The molecule has 1 amide bonds. The van der Waals surface area contributed by atoms with Crippen molar-refractivity contribution in [2.45, 2.75) is 6.04 Å². The molecular weight excluding hydrogens is 172 g/mol. The van der Waals surface area contributed by atoms with E-state index >= 15 is 0 Å². The number of amides is 1. The van der Waals surface area contributed by atoms with E-state index in [-0.39, 0.29) is 5.91 Å². The van der Waals surface area contributed by atoms with Crippen LogP contribution in [0.15, 0.2) is 17.5 Å². The predicted molar refractivity (Wildman–Crippen MR) is 49.9 cm³/mol. The number of thiophene rings is 1. The molecule has 0 saturated carbocycles. The number of hydrogen-bond acceptors (Lipinski definition) is 3. The van der Waals surface area contributed by atoms with Crippen molar-refractivity contribution in [1.29, 1.82) is 0 Å². The van der Waals surface area contributed by atoms with Gasteiger partial charge in [0, 0.05) is 19.0 Å². The average molecular weight is 184 g/mol. The highest BCUT2D eigenvalue weighted by molar-refractivity contribution is 7.10. The van der Waals surface area contributed by atoms with E-state index in [0.717, 1.165) is 4.88 Å². The van der Waals surface area contributed by atoms with Crippen LogP contribution in [-0.2, 0) is 4.79 Å². The van der Waals surface area contributed by atoms with Gasteiger partial charge in [-0.3, -0.25) is 4.79 Å². The first-order chi connectivity index (χ1) is 5.63. The minimum Gasteiger partial charge on any atom is -0.347 e. The van der Waals surface area contributed by atoms with E-state index in [9.17, 15) is 4.79 Å². The molecule has 66 valence electrons. The maximum Gasteiger partial charge on any atom is 0.244 e. The van der Waals surface area contributed by atoms with Crippen LogP contribution in [0.5, 0.6) is 0 Å². The summed E-state index contributed by atoms with van der Waals surface area (Å²) in [6, 6.07) is 3.26. The molecule has 0 aliphatic rings. The maximum atomic E-state index is 11.3. The molecule has 0 aromatic carbocycles. The van der Waals surface area contributed by atoms with Gasteiger partial charge >= 0.3 is 0 Å². The quantitative estimate of drug-likeness (QED) is 0.740. The SMILES string of the molecule is CN(C)C(=O)[C@@H](N)c1cccs1. The third-order valence-corrected chi connectivity index (χ3v) is 2.51. The van der Waals surface area contributed by atoms with Gasteiger partial charge in [0.15, 0.2) is 0 Å². The summed E-state index contributed by atoms with van der Waals surface area (Å²) in [5.41, 5.74) is 5.70. The summed E-state index contributed by atoms with van der Waals surface area (Å²) in [5.74, 6) is -0.0579.